The van der Waals surface area contributed by atoms with Crippen LogP contribution in [0.4, 0.5) is 14.5 Å². The van der Waals surface area contributed by atoms with Crippen LogP contribution in [0.25, 0.3) is 11.2 Å². The first-order valence-electron chi connectivity index (χ1n) is 11.3. The first-order chi connectivity index (χ1) is 16.0. The molecule has 174 valence electrons. The Morgan fingerprint density at radius 2 is 2.09 bits per heavy atom. The van der Waals surface area contributed by atoms with Crippen molar-refractivity contribution in [1.29, 1.82) is 0 Å². The minimum atomic E-state index is -2.79. The Labute approximate surface area is 189 Å². The van der Waals surface area contributed by atoms with Gasteiger partial charge < -0.3 is 10.1 Å². The van der Waals surface area contributed by atoms with E-state index in [1.54, 1.807) is 10.9 Å². The number of halogens is 2. The topological polar surface area (TPSA) is 86.3 Å². The molecule has 0 bridgehead atoms. The average Bonchev–Trinajstić information content (AvgIpc) is 3.44. The zero-order valence-electron chi connectivity index (χ0n) is 18.4. The summed E-state index contributed by atoms with van der Waals surface area (Å²) in [5, 5.41) is 10.9. The van der Waals surface area contributed by atoms with Crippen molar-refractivity contribution in [1.82, 2.24) is 24.4 Å². The standard InChI is InChI=1S/C23H26F2N6O2/c1-14-2-4-16(5-3-14)31-13-19(20(29-31)21(24)25)28-23(32)17-12-26-30-9-6-18(27-22(17)30)15-7-10-33-11-8-15/h6-7,9,12-14,16,21H,2-5,8,10-11H2,1H3,(H,28,32)/t14-,16-. The zero-order chi connectivity index (χ0) is 22.9. The average molecular weight is 456 g/mol. The number of carbonyl (C=O) groups excluding carboxylic acids is 1. The maximum absolute atomic E-state index is 13.7. The molecular formula is C23H26F2N6O2. The highest BCUT2D eigenvalue weighted by Gasteiger charge is 2.26. The molecule has 5 rings (SSSR count). The van der Waals surface area contributed by atoms with E-state index in [-0.39, 0.29) is 17.3 Å². The molecule has 1 N–H and O–H groups in total. The molecule has 1 aliphatic carbocycles. The van der Waals surface area contributed by atoms with Crippen LogP contribution in [0.15, 0.2) is 30.7 Å². The molecule has 0 spiro atoms. The SMILES string of the molecule is C[C@H]1CC[C@H](n2cc(NC(=O)c3cnn4ccc(C5=CCOCC5)nc34)c(C(F)F)n2)CC1. The normalized spacial score (nSPS) is 21.4. The van der Waals surface area contributed by atoms with Crippen molar-refractivity contribution < 1.29 is 18.3 Å². The van der Waals surface area contributed by atoms with Gasteiger partial charge in [0.1, 0.15) is 5.56 Å². The van der Waals surface area contributed by atoms with Crippen LogP contribution in [0.1, 0.15) is 73.2 Å². The molecule has 0 atom stereocenters. The highest BCUT2D eigenvalue weighted by atomic mass is 19.3. The van der Waals surface area contributed by atoms with E-state index >= 15 is 0 Å². The summed E-state index contributed by atoms with van der Waals surface area (Å²) >= 11 is 0. The van der Waals surface area contributed by atoms with Gasteiger partial charge in [-0.25, -0.2) is 18.3 Å². The van der Waals surface area contributed by atoms with Crippen LogP contribution in [0.2, 0.25) is 0 Å². The van der Waals surface area contributed by atoms with E-state index < -0.39 is 18.0 Å². The molecule has 8 nitrogen and oxygen atoms in total. The summed E-state index contributed by atoms with van der Waals surface area (Å²) in [4.78, 5) is 17.7. The van der Waals surface area contributed by atoms with Crippen LogP contribution >= 0.6 is 0 Å². The Bertz CT molecular complexity index is 1190. The van der Waals surface area contributed by atoms with Gasteiger partial charge >= 0.3 is 0 Å². The lowest BCUT2D eigenvalue weighted by Crippen LogP contribution is -2.17. The van der Waals surface area contributed by atoms with Crippen LogP contribution in [-0.2, 0) is 4.74 Å². The number of rotatable bonds is 5. The number of aromatic nitrogens is 5. The van der Waals surface area contributed by atoms with Crippen molar-refractivity contribution in [2.24, 2.45) is 5.92 Å². The van der Waals surface area contributed by atoms with Gasteiger partial charge in [-0.05, 0) is 49.7 Å². The summed E-state index contributed by atoms with van der Waals surface area (Å²) in [5.41, 5.74) is 1.97. The number of fused-ring (bicyclic) bond motifs is 1. The van der Waals surface area contributed by atoms with E-state index in [1.165, 1.54) is 16.9 Å². The molecule has 3 aromatic rings. The molecule has 10 heteroatoms. The summed E-state index contributed by atoms with van der Waals surface area (Å²) in [6.07, 6.45) is 8.41. The number of carbonyl (C=O) groups is 1. The fourth-order valence-corrected chi connectivity index (χ4v) is 4.51. The number of ether oxygens (including phenoxy) is 1. The highest BCUT2D eigenvalue weighted by molar-refractivity contribution is 6.08. The first kappa shape index (κ1) is 21.7. The lowest BCUT2D eigenvalue weighted by Gasteiger charge is -2.26. The summed E-state index contributed by atoms with van der Waals surface area (Å²) in [6.45, 7) is 3.34. The van der Waals surface area contributed by atoms with Gasteiger partial charge in [-0.3, -0.25) is 9.48 Å². The molecule has 0 saturated heterocycles. The third-order valence-corrected chi connectivity index (χ3v) is 6.48. The fourth-order valence-electron chi connectivity index (χ4n) is 4.51. The second kappa shape index (κ2) is 9.01. The van der Waals surface area contributed by atoms with Crippen molar-refractivity contribution in [3.05, 3.63) is 47.7 Å². The van der Waals surface area contributed by atoms with E-state index in [9.17, 15) is 13.6 Å². The quantitative estimate of drug-likeness (QED) is 0.603. The number of hydrogen-bond donors (Lipinski definition) is 1. The Hall–Kier alpha value is -3.14. The van der Waals surface area contributed by atoms with Gasteiger partial charge in [-0.15, -0.1) is 0 Å². The second-order valence-corrected chi connectivity index (χ2v) is 8.77. The number of alkyl halides is 2. The Morgan fingerprint density at radius 1 is 1.27 bits per heavy atom. The zero-order valence-corrected chi connectivity index (χ0v) is 18.4. The lowest BCUT2D eigenvalue weighted by atomic mass is 9.87. The summed E-state index contributed by atoms with van der Waals surface area (Å²) in [7, 11) is 0. The molecule has 3 aromatic heterocycles. The van der Waals surface area contributed by atoms with Crippen LogP contribution < -0.4 is 5.32 Å². The summed E-state index contributed by atoms with van der Waals surface area (Å²) in [6, 6.07) is 1.90. The number of nitrogens with zero attached hydrogens (tertiary/aromatic N) is 5. The molecular weight excluding hydrogens is 430 g/mol. The molecule has 0 radical (unpaired) electrons. The molecule has 1 aliphatic heterocycles. The van der Waals surface area contributed by atoms with E-state index in [0.29, 0.717) is 24.8 Å². The molecule has 2 aliphatic rings. The number of amides is 1. The van der Waals surface area contributed by atoms with E-state index in [2.05, 4.69) is 27.4 Å². The van der Waals surface area contributed by atoms with E-state index in [0.717, 1.165) is 43.4 Å². The van der Waals surface area contributed by atoms with Crippen LogP contribution in [0.5, 0.6) is 0 Å². The summed E-state index contributed by atoms with van der Waals surface area (Å²) in [5.74, 6) is 0.0878. The van der Waals surface area contributed by atoms with Crippen molar-refractivity contribution in [2.45, 2.75) is 51.5 Å². The minimum absolute atomic E-state index is 0.0243. The van der Waals surface area contributed by atoms with Crippen molar-refractivity contribution in [3.8, 4) is 0 Å². The molecule has 0 unspecified atom stereocenters. The molecule has 1 saturated carbocycles. The fraction of sp³-hybridized carbons (Fsp3) is 0.478. The third-order valence-electron chi connectivity index (χ3n) is 6.48. The largest absolute Gasteiger partial charge is 0.377 e. The third kappa shape index (κ3) is 4.39. The first-order valence-corrected chi connectivity index (χ1v) is 11.3. The predicted octanol–water partition coefficient (Wildman–Crippen LogP) is 4.67. The smallest absolute Gasteiger partial charge is 0.284 e. The second-order valence-electron chi connectivity index (χ2n) is 8.77. The molecule has 1 fully saturated rings. The summed E-state index contributed by atoms with van der Waals surface area (Å²) < 4.78 is 35.8. The molecule has 0 aromatic carbocycles. The van der Waals surface area contributed by atoms with Crippen LogP contribution in [0, 0.1) is 5.92 Å². The Kier molecular flexibility index (Phi) is 5.92. The van der Waals surface area contributed by atoms with E-state index in [4.69, 9.17) is 4.74 Å². The number of nitrogens with one attached hydrogen (secondary N) is 1. The minimum Gasteiger partial charge on any atom is -0.377 e. The van der Waals surface area contributed by atoms with Crippen LogP contribution in [-0.4, -0.2) is 43.5 Å². The predicted molar refractivity (Wildman–Crippen MR) is 118 cm³/mol. The van der Waals surface area contributed by atoms with Crippen LogP contribution in [0.3, 0.4) is 0 Å². The maximum atomic E-state index is 13.7. The van der Waals surface area contributed by atoms with Gasteiger partial charge in [0, 0.05) is 12.4 Å². The van der Waals surface area contributed by atoms with E-state index in [1.807, 2.05) is 12.1 Å². The maximum Gasteiger partial charge on any atom is 0.284 e. The number of hydrogen-bond acceptors (Lipinski definition) is 5. The van der Waals surface area contributed by atoms with Crippen molar-refractivity contribution >= 4 is 22.8 Å². The molecule has 1 amide bonds. The van der Waals surface area contributed by atoms with Gasteiger partial charge in [0.05, 0.1) is 36.8 Å². The Balaban J connectivity index is 1.41. The number of anilines is 1. The van der Waals surface area contributed by atoms with Gasteiger partial charge in [0.25, 0.3) is 12.3 Å². The van der Waals surface area contributed by atoms with Gasteiger partial charge in [0.15, 0.2) is 11.3 Å². The lowest BCUT2D eigenvalue weighted by molar-refractivity contribution is 0.102. The van der Waals surface area contributed by atoms with Gasteiger partial charge in [-0.2, -0.15) is 10.2 Å². The molecule has 33 heavy (non-hydrogen) atoms. The van der Waals surface area contributed by atoms with Gasteiger partial charge in [-0.1, -0.05) is 13.0 Å². The molecule has 4 heterocycles. The Morgan fingerprint density at radius 3 is 2.82 bits per heavy atom. The van der Waals surface area contributed by atoms with Crippen molar-refractivity contribution in [3.63, 3.8) is 0 Å². The van der Waals surface area contributed by atoms with Crippen molar-refractivity contribution in [2.75, 3.05) is 18.5 Å². The van der Waals surface area contributed by atoms with Gasteiger partial charge in [0.2, 0.25) is 0 Å². The monoisotopic (exact) mass is 456 g/mol. The highest BCUT2D eigenvalue weighted by Crippen LogP contribution is 2.34.